The lowest BCUT2D eigenvalue weighted by Crippen LogP contribution is -1.94. The first-order chi connectivity index (χ1) is 12.0. The first-order valence-electron chi connectivity index (χ1n) is 7.26. The van der Waals surface area contributed by atoms with Crippen LogP contribution in [0, 0.1) is 0 Å². The van der Waals surface area contributed by atoms with Gasteiger partial charge in [0.1, 0.15) is 10.8 Å². The number of aromatic nitrogens is 2. The Labute approximate surface area is 154 Å². The molecule has 3 rings (SSSR count). The van der Waals surface area contributed by atoms with Gasteiger partial charge in [-0.25, -0.2) is 4.98 Å². The van der Waals surface area contributed by atoms with Gasteiger partial charge in [-0.3, -0.25) is 0 Å². The maximum atomic E-state index is 6.35. The first-order valence-corrected chi connectivity index (χ1v) is 8.01. The Morgan fingerprint density at radius 2 is 1.48 bits per heavy atom. The third-order valence-electron chi connectivity index (χ3n) is 3.78. The van der Waals surface area contributed by atoms with E-state index in [2.05, 4.69) is 9.97 Å². The molecule has 0 aliphatic carbocycles. The van der Waals surface area contributed by atoms with Crippen LogP contribution >= 0.6 is 23.2 Å². The average molecular weight is 383 g/mol. The summed E-state index contributed by atoms with van der Waals surface area (Å²) in [5, 5.41) is 0.641. The van der Waals surface area contributed by atoms with Gasteiger partial charge in [0, 0.05) is 12.1 Å². The summed E-state index contributed by atoms with van der Waals surface area (Å²) in [6, 6.07) is 5.29. The highest BCUT2D eigenvalue weighted by Crippen LogP contribution is 2.46. The van der Waals surface area contributed by atoms with Crippen LogP contribution in [0.2, 0.25) is 10.0 Å². The summed E-state index contributed by atoms with van der Waals surface area (Å²) in [5.41, 5.74) is 2.10. The monoisotopic (exact) mass is 382 g/mol. The number of hydrogen-bond acceptors (Lipinski definition) is 5. The third kappa shape index (κ3) is 2.92. The zero-order chi connectivity index (χ0) is 18.1. The number of fused-ring (bicyclic) bond motifs is 1. The average Bonchev–Trinajstić information content (AvgIpc) is 3.03. The number of H-pyrrole nitrogens is 1. The van der Waals surface area contributed by atoms with Crippen LogP contribution < -0.4 is 18.9 Å². The fourth-order valence-corrected chi connectivity index (χ4v) is 3.30. The molecule has 0 saturated heterocycles. The van der Waals surface area contributed by atoms with E-state index in [1.807, 2.05) is 6.07 Å². The second-order valence-electron chi connectivity index (χ2n) is 5.10. The zero-order valence-electron chi connectivity index (χ0n) is 14.1. The van der Waals surface area contributed by atoms with Crippen LogP contribution in [0.5, 0.6) is 23.0 Å². The molecule has 0 bridgehead atoms. The van der Waals surface area contributed by atoms with Crippen LogP contribution in [0.4, 0.5) is 0 Å². The molecule has 0 amide bonds. The zero-order valence-corrected chi connectivity index (χ0v) is 15.6. The highest BCUT2D eigenvalue weighted by atomic mass is 35.5. The molecule has 3 aromatic rings. The minimum absolute atomic E-state index is 0.281. The van der Waals surface area contributed by atoms with Gasteiger partial charge in [0.15, 0.2) is 23.0 Å². The van der Waals surface area contributed by atoms with E-state index in [1.165, 1.54) is 14.2 Å². The minimum atomic E-state index is 0.281. The Kier molecular flexibility index (Phi) is 4.83. The molecule has 0 aliphatic heterocycles. The Balaban J connectivity index is 2.23. The molecule has 132 valence electrons. The molecule has 1 aromatic heterocycles. The number of methoxy groups -OCH3 is 4. The Hall–Kier alpha value is -2.31. The molecule has 0 spiro atoms. The molecule has 0 aliphatic rings. The van der Waals surface area contributed by atoms with Gasteiger partial charge in [-0.15, -0.1) is 0 Å². The summed E-state index contributed by atoms with van der Waals surface area (Å²) in [6.07, 6.45) is 0. The van der Waals surface area contributed by atoms with Crippen LogP contribution in [0.3, 0.4) is 0 Å². The number of rotatable bonds is 5. The van der Waals surface area contributed by atoms with E-state index in [4.69, 9.17) is 42.1 Å². The lowest BCUT2D eigenvalue weighted by molar-refractivity contribution is 0.356. The number of halogens is 2. The van der Waals surface area contributed by atoms with Crippen molar-refractivity contribution in [3.63, 3.8) is 0 Å². The molecule has 6 nitrogen and oxygen atoms in total. The van der Waals surface area contributed by atoms with Gasteiger partial charge in [0.05, 0.1) is 50.1 Å². The molecule has 0 fully saturated rings. The Bertz CT molecular complexity index is 899. The van der Waals surface area contributed by atoms with Crippen LogP contribution in [-0.2, 0) is 0 Å². The number of benzene rings is 2. The molecule has 8 heteroatoms. The van der Waals surface area contributed by atoms with Gasteiger partial charge in [-0.1, -0.05) is 23.2 Å². The number of imidazole rings is 1. The largest absolute Gasteiger partial charge is 0.494 e. The van der Waals surface area contributed by atoms with Crippen LogP contribution in [0.1, 0.15) is 0 Å². The summed E-state index contributed by atoms with van der Waals surface area (Å²) < 4.78 is 21.3. The molecule has 2 aromatic carbocycles. The van der Waals surface area contributed by atoms with Crippen molar-refractivity contribution in [2.24, 2.45) is 0 Å². The molecular weight excluding hydrogens is 367 g/mol. The van der Waals surface area contributed by atoms with Gasteiger partial charge >= 0.3 is 0 Å². The molecule has 0 atom stereocenters. The van der Waals surface area contributed by atoms with Gasteiger partial charge < -0.3 is 23.9 Å². The predicted molar refractivity (Wildman–Crippen MR) is 97.8 cm³/mol. The lowest BCUT2D eigenvalue weighted by Gasteiger charge is -2.13. The van der Waals surface area contributed by atoms with Crippen LogP contribution in [-0.4, -0.2) is 38.4 Å². The quantitative estimate of drug-likeness (QED) is 0.699. The SMILES string of the molecule is COc1cc2nc(-c3cc(Cl)c(OC)c(Cl)c3OC)[nH]c2cc1OC. The van der Waals surface area contributed by atoms with Crippen LogP contribution in [0.25, 0.3) is 22.4 Å². The molecule has 25 heavy (non-hydrogen) atoms. The fraction of sp³-hybridized carbons (Fsp3) is 0.235. The maximum Gasteiger partial charge on any atom is 0.163 e. The van der Waals surface area contributed by atoms with E-state index in [9.17, 15) is 0 Å². The number of hydrogen-bond donors (Lipinski definition) is 1. The van der Waals surface area contributed by atoms with Gasteiger partial charge in [0.2, 0.25) is 0 Å². The van der Waals surface area contributed by atoms with Gasteiger partial charge in [-0.05, 0) is 6.07 Å². The Morgan fingerprint density at radius 1 is 0.840 bits per heavy atom. The summed E-state index contributed by atoms with van der Waals surface area (Å²) in [6.45, 7) is 0. The summed E-state index contributed by atoms with van der Waals surface area (Å²) in [7, 11) is 6.16. The molecule has 1 N–H and O–H groups in total. The summed E-state index contributed by atoms with van der Waals surface area (Å²) in [5.74, 6) is 2.51. The van der Waals surface area contributed by atoms with E-state index in [0.29, 0.717) is 44.9 Å². The van der Waals surface area contributed by atoms with Gasteiger partial charge in [-0.2, -0.15) is 0 Å². The van der Waals surface area contributed by atoms with E-state index < -0.39 is 0 Å². The number of nitrogens with zero attached hydrogens (tertiary/aromatic N) is 1. The summed E-state index contributed by atoms with van der Waals surface area (Å²) in [4.78, 5) is 7.80. The van der Waals surface area contributed by atoms with E-state index in [1.54, 1.807) is 26.4 Å². The minimum Gasteiger partial charge on any atom is -0.494 e. The van der Waals surface area contributed by atoms with Crippen molar-refractivity contribution in [2.45, 2.75) is 0 Å². The Morgan fingerprint density at radius 3 is 2.08 bits per heavy atom. The highest BCUT2D eigenvalue weighted by molar-refractivity contribution is 6.38. The second kappa shape index (κ2) is 6.90. The fourth-order valence-electron chi connectivity index (χ4n) is 2.61. The van der Waals surface area contributed by atoms with E-state index in [-0.39, 0.29) is 5.02 Å². The van der Waals surface area contributed by atoms with Crippen molar-refractivity contribution in [1.82, 2.24) is 9.97 Å². The van der Waals surface area contributed by atoms with Crippen molar-refractivity contribution < 1.29 is 18.9 Å². The number of ether oxygens (including phenoxy) is 4. The van der Waals surface area contributed by atoms with Crippen LogP contribution in [0.15, 0.2) is 18.2 Å². The van der Waals surface area contributed by atoms with Crippen molar-refractivity contribution in [3.8, 4) is 34.4 Å². The maximum absolute atomic E-state index is 6.35. The van der Waals surface area contributed by atoms with Crippen molar-refractivity contribution in [1.29, 1.82) is 0 Å². The van der Waals surface area contributed by atoms with Crippen molar-refractivity contribution in [3.05, 3.63) is 28.2 Å². The highest BCUT2D eigenvalue weighted by Gasteiger charge is 2.21. The third-order valence-corrected chi connectivity index (χ3v) is 4.41. The molecular formula is C17H16Cl2N2O4. The topological polar surface area (TPSA) is 65.6 Å². The van der Waals surface area contributed by atoms with E-state index in [0.717, 1.165) is 5.52 Å². The normalized spacial score (nSPS) is 10.8. The van der Waals surface area contributed by atoms with Gasteiger partial charge in [0.25, 0.3) is 0 Å². The number of nitrogens with one attached hydrogen (secondary N) is 1. The van der Waals surface area contributed by atoms with Crippen molar-refractivity contribution >= 4 is 34.2 Å². The number of aromatic amines is 1. The van der Waals surface area contributed by atoms with Crippen molar-refractivity contribution in [2.75, 3.05) is 28.4 Å². The lowest BCUT2D eigenvalue weighted by atomic mass is 10.1. The molecule has 1 heterocycles. The van der Waals surface area contributed by atoms with E-state index >= 15 is 0 Å². The predicted octanol–water partition coefficient (Wildman–Crippen LogP) is 4.57. The molecule has 0 radical (unpaired) electrons. The smallest absolute Gasteiger partial charge is 0.163 e. The molecule has 0 saturated carbocycles. The second-order valence-corrected chi connectivity index (χ2v) is 5.88. The summed E-state index contributed by atoms with van der Waals surface area (Å²) >= 11 is 12.6. The molecule has 0 unspecified atom stereocenters. The first kappa shape index (κ1) is 17.5. The standard InChI is InChI=1S/C17H16Cl2N2O4/c1-22-12-6-10-11(7-13(12)23-2)21-17(20-10)8-5-9(18)16(25-4)14(19)15(8)24-3/h5-7H,1-4H3,(H,20,21).